The van der Waals surface area contributed by atoms with E-state index in [2.05, 4.69) is 54.9 Å². The molecule has 0 saturated carbocycles. The Kier molecular flexibility index (Phi) is 9.26. The maximum Gasteiger partial charge on any atom is 0.350 e. The Morgan fingerprint density at radius 3 is 2.78 bits per heavy atom. The lowest BCUT2D eigenvalue weighted by atomic mass is 10.2. The second-order valence-electron chi connectivity index (χ2n) is 8.91. The van der Waals surface area contributed by atoms with Crippen molar-refractivity contribution in [2.24, 2.45) is 0 Å². The van der Waals surface area contributed by atoms with Crippen LogP contribution in [0.2, 0.25) is 0 Å². The summed E-state index contributed by atoms with van der Waals surface area (Å²) in [5.74, 6) is 1.66. The first-order chi connectivity index (χ1) is 17.4. The van der Waals surface area contributed by atoms with Crippen LogP contribution in [0.5, 0.6) is 0 Å². The number of morpholine rings is 1. The molecule has 198 valence electrons. The number of hydrogen-bond acceptors (Lipinski definition) is 13. The molecule has 0 bridgehead atoms. The van der Waals surface area contributed by atoms with Gasteiger partial charge < -0.3 is 25.0 Å². The van der Waals surface area contributed by atoms with Gasteiger partial charge in [0.1, 0.15) is 16.5 Å². The van der Waals surface area contributed by atoms with E-state index in [1.54, 1.807) is 13.8 Å². The second kappa shape index (κ2) is 12.6. The summed E-state index contributed by atoms with van der Waals surface area (Å²) in [4.78, 5) is 28.9. The number of carbonyl (C=O) groups is 1. The molecule has 2 aliphatic heterocycles. The molecule has 4 heterocycles. The highest BCUT2D eigenvalue weighted by atomic mass is 32.1. The molecule has 2 fully saturated rings. The van der Waals surface area contributed by atoms with Gasteiger partial charge >= 0.3 is 5.97 Å². The highest BCUT2D eigenvalue weighted by Gasteiger charge is 2.22. The zero-order chi connectivity index (χ0) is 25.5. The highest BCUT2D eigenvalue weighted by molar-refractivity contribution is 7.17. The van der Waals surface area contributed by atoms with Crippen LogP contribution >= 0.6 is 11.3 Å². The Balaban J connectivity index is 1.49. The van der Waals surface area contributed by atoms with Crippen LogP contribution in [0.1, 0.15) is 28.7 Å². The largest absolute Gasteiger partial charge is 0.462 e. The number of thiazole rings is 1. The molecule has 36 heavy (non-hydrogen) atoms. The summed E-state index contributed by atoms with van der Waals surface area (Å²) < 4.78 is 11.0. The number of aryl methyl sites for hydroxylation is 1. The SMILES string of the molecule is CCOC(=O)c1sc(Nc2nc(NCCC3CNCCO3)cc(N3CCN(N(C)C)CC3)n2)nc1C. The minimum absolute atomic E-state index is 0.198. The fourth-order valence-corrected chi connectivity index (χ4v) is 5.02. The Morgan fingerprint density at radius 2 is 2.08 bits per heavy atom. The van der Waals surface area contributed by atoms with E-state index in [9.17, 15) is 4.79 Å². The van der Waals surface area contributed by atoms with Crippen LogP contribution < -0.4 is 20.9 Å². The van der Waals surface area contributed by atoms with Gasteiger partial charge in [0.2, 0.25) is 5.95 Å². The summed E-state index contributed by atoms with van der Waals surface area (Å²) in [6.07, 6.45) is 1.08. The smallest absolute Gasteiger partial charge is 0.350 e. The van der Waals surface area contributed by atoms with E-state index in [0.717, 1.165) is 70.5 Å². The lowest BCUT2D eigenvalue weighted by Crippen LogP contribution is -2.51. The molecule has 1 atom stereocenters. The molecule has 3 N–H and O–H groups in total. The number of nitrogens with zero attached hydrogens (tertiary/aromatic N) is 6. The van der Waals surface area contributed by atoms with Crippen molar-refractivity contribution in [1.29, 1.82) is 0 Å². The number of nitrogens with one attached hydrogen (secondary N) is 3. The van der Waals surface area contributed by atoms with Gasteiger partial charge in [0, 0.05) is 66.0 Å². The average Bonchev–Trinajstić information content (AvgIpc) is 3.24. The van der Waals surface area contributed by atoms with E-state index in [0.29, 0.717) is 28.3 Å². The Labute approximate surface area is 216 Å². The number of rotatable bonds is 10. The third-order valence-corrected chi connectivity index (χ3v) is 7.16. The van der Waals surface area contributed by atoms with Gasteiger partial charge in [0.05, 0.1) is 25.0 Å². The maximum absolute atomic E-state index is 12.2. The lowest BCUT2D eigenvalue weighted by molar-refractivity contribution is 0.0200. The van der Waals surface area contributed by atoms with Crippen LogP contribution in [0, 0.1) is 6.92 Å². The maximum atomic E-state index is 12.2. The van der Waals surface area contributed by atoms with E-state index in [4.69, 9.17) is 14.5 Å². The fraction of sp³-hybridized carbons (Fsp3) is 0.652. The number of hydrogen-bond donors (Lipinski definition) is 3. The van der Waals surface area contributed by atoms with E-state index in [-0.39, 0.29) is 12.1 Å². The van der Waals surface area contributed by atoms with Crippen LogP contribution in [0.25, 0.3) is 0 Å². The van der Waals surface area contributed by atoms with Crippen LogP contribution in [-0.4, -0.2) is 110 Å². The number of carbonyl (C=O) groups excluding carboxylic acids is 1. The van der Waals surface area contributed by atoms with E-state index >= 15 is 0 Å². The molecule has 2 aromatic rings. The van der Waals surface area contributed by atoms with Crippen molar-refractivity contribution in [1.82, 2.24) is 30.3 Å². The molecule has 0 radical (unpaired) electrons. The van der Waals surface area contributed by atoms with Gasteiger partial charge in [0.15, 0.2) is 5.13 Å². The topological polar surface area (TPSA) is 120 Å². The van der Waals surface area contributed by atoms with Crippen molar-refractivity contribution in [2.75, 3.05) is 88.7 Å². The van der Waals surface area contributed by atoms with Gasteiger partial charge in [-0.3, -0.25) is 5.32 Å². The first-order valence-electron chi connectivity index (χ1n) is 12.5. The Hall–Kier alpha value is -2.58. The van der Waals surface area contributed by atoms with Gasteiger partial charge in [-0.15, -0.1) is 0 Å². The number of anilines is 4. The molecule has 4 rings (SSSR count). The monoisotopic (exact) mass is 519 g/mol. The zero-order valence-electron chi connectivity index (χ0n) is 21.5. The van der Waals surface area contributed by atoms with Crippen LogP contribution in [-0.2, 0) is 9.47 Å². The summed E-state index contributed by atoms with van der Waals surface area (Å²) >= 11 is 1.24. The minimum atomic E-state index is -0.365. The third-order valence-electron chi connectivity index (χ3n) is 6.11. The molecule has 1 unspecified atom stereocenters. The normalized spacial score (nSPS) is 18.9. The Bertz CT molecular complexity index is 1000. The number of ether oxygens (including phenoxy) is 2. The van der Waals surface area contributed by atoms with Crippen LogP contribution in [0.4, 0.5) is 22.7 Å². The molecule has 13 heteroatoms. The van der Waals surface area contributed by atoms with E-state index < -0.39 is 0 Å². The van der Waals surface area contributed by atoms with Gasteiger partial charge in [-0.2, -0.15) is 9.97 Å². The molecule has 2 saturated heterocycles. The number of aromatic nitrogens is 3. The van der Waals surface area contributed by atoms with Gasteiger partial charge in [-0.05, 0) is 20.3 Å². The predicted molar refractivity (Wildman–Crippen MR) is 141 cm³/mol. The van der Waals surface area contributed by atoms with Gasteiger partial charge in [-0.1, -0.05) is 11.3 Å². The zero-order valence-corrected chi connectivity index (χ0v) is 22.4. The predicted octanol–water partition coefficient (Wildman–Crippen LogP) is 1.55. The van der Waals surface area contributed by atoms with Crippen molar-refractivity contribution in [2.45, 2.75) is 26.4 Å². The number of esters is 1. The third kappa shape index (κ3) is 7.01. The van der Waals surface area contributed by atoms with Crippen molar-refractivity contribution in [3.05, 3.63) is 16.6 Å². The average molecular weight is 520 g/mol. The summed E-state index contributed by atoms with van der Waals surface area (Å²) in [6, 6.07) is 1.99. The molecular formula is C23H37N9O3S. The molecular weight excluding hydrogens is 482 g/mol. The minimum Gasteiger partial charge on any atom is -0.462 e. The standard InChI is InChI=1S/C23H37N9O3S/c1-5-34-21(33)20-16(2)26-23(36-20)29-22-27-18(25-7-6-17-15-24-8-13-35-17)14-19(28-22)31-9-11-32(12-10-31)30(3)4/h14,17,24H,5-13,15H2,1-4H3,(H2,25,26,27,28,29). The van der Waals surface area contributed by atoms with Crippen molar-refractivity contribution < 1.29 is 14.3 Å². The molecule has 2 aliphatic rings. The first kappa shape index (κ1) is 26.5. The number of piperazine rings is 1. The fourth-order valence-electron chi connectivity index (χ4n) is 4.17. The molecule has 0 amide bonds. The van der Waals surface area contributed by atoms with E-state index in [1.807, 2.05) is 6.07 Å². The van der Waals surface area contributed by atoms with Crippen molar-refractivity contribution in [3.63, 3.8) is 0 Å². The molecule has 0 spiro atoms. The van der Waals surface area contributed by atoms with Crippen LogP contribution in [0.15, 0.2) is 6.07 Å². The molecule has 12 nitrogen and oxygen atoms in total. The molecule has 0 aliphatic carbocycles. The van der Waals surface area contributed by atoms with Gasteiger partial charge in [0.25, 0.3) is 0 Å². The van der Waals surface area contributed by atoms with Crippen molar-refractivity contribution in [3.8, 4) is 0 Å². The Morgan fingerprint density at radius 1 is 1.28 bits per heavy atom. The summed E-state index contributed by atoms with van der Waals surface area (Å²) in [6.45, 7) is 10.7. The van der Waals surface area contributed by atoms with Crippen LogP contribution in [0.3, 0.4) is 0 Å². The summed E-state index contributed by atoms with van der Waals surface area (Å²) in [5.41, 5.74) is 0.622. The summed E-state index contributed by atoms with van der Waals surface area (Å²) in [7, 11) is 4.13. The van der Waals surface area contributed by atoms with Gasteiger partial charge in [-0.25, -0.2) is 19.8 Å². The number of hydrazine groups is 1. The highest BCUT2D eigenvalue weighted by Crippen LogP contribution is 2.27. The lowest BCUT2D eigenvalue weighted by Gasteiger charge is -2.38. The first-order valence-corrected chi connectivity index (χ1v) is 13.3. The van der Waals surface area contributed by atoms with E-state index in [1.165, 1.54) is 11.3 Å². The molecule has 0 aromatic carbocycles. The molecule has 2 aromatic heterocycles. The second-order valence-corrected chi connectivity index (χ2v) is 9.91. The quantitative estimate of drug-likeness (QED) is 0.395. The summed E-state index contributed by atoms with van der Waals surface area (Å²) in [5, 5.41) is 15.0. The van der Waals surface area contributed by atoms with Crippen molar-refractivity contribution >= 4 is 40.0 Å².